The Hall–Kier alpha value is -1.72. The van der Waals surface area contributed by atoms with Crippen molar-refractivity contribution in [1.29, 1.82) is 0 Å². The first kappa shape index (κ1) is 15.2. The molecule has 1 aliphatic heterocycles. The second-order valence-corrected chi connectivity index (χ2v) is 6.76. The van der Waals surface area contributed by atoms with Gasteiger partial charge in [0.25, 0.3) is 5.91 Å². The van der Waals surface area contributed by atoms with Gasteiger partial charge in [-0.15, -0.1) is 11.3 Å². The molecular weight excluding hydrogens is 294 g/mol. The molecule has 1 aromatic heterocycles. The predicted molar refractivity (Wildman–Crippen MR) is 90.2 cm³/mol. The third kappa shape index (κ3) is 3.05. The summed E-state index contributed by atoms with van der Waals surface area (Å²) in [5, 5.41) is 4.12. The number of nitrogens with zero attached hydrogens (tertiary/aromatic N) is 2. The van der Waals surface area contributed by atoms with E-state index in [9.17, 15) is 4.79 Å². The Kier molecular flexibility index (Phi) is 4.55. The lowest BCUT2D eigenvalue weighted by Gasteiger charge is -2.15. The van der Waals surface area contributed by atoms with Crippen LogP contribution in [0, 0.1) is 12.8 Å². The minimum absolute atomic E-state index is 0.135. The first-order valence-electron chi connectivity index (χ1n) is 7.65. The van der Waals surface area contributed by atoms with Crippen LogP contribution < -0.4 is 5.32 Å². The van der Waals surface area contributed by atoms with Crippen molar-refractivity contribution in [1.82, 2.24) is 15.2 Å². The van der Waals surface area contributed by atoms with Crippen LogP contribution in [0.3, 0.4) is 0 Å². The zero-order chi connectivity index (χ0) is 15.5. The van der Waals surface area contributed by atoms with Gasteiger partial charge in [-0.1, -0.05) is 30.3 Å². The molecule has 0 aliphatic carbocycles. The van der Waals surface area contributed by atoms with Crippen LogP contribution in [-0.2, 0) is 0 Å². The van der Waals surface area contributed by atoms with Gasteiger partial charge in [-0.2, -0.15) is 0 Å². The van der Waals surface area contributed by atoms with Gasteiger partial charge in [0, 0.05) is 18.7 Å². The summed E-state index contributed by atoms with van der Waals surface area (Å²) in [5.41, 5.74) is 1.91. The molecule has 1 fully saturated rings. The fraction of sp³-hybridized carbons (Fsp3) is 0.412. The van der Waals surface area contributed by atoms with E-state index in [-0.39, 0.29) is 5.91 Å². The zero-order valence-corrected chi connectivity index (χ0v) is 13.8. The molecule has 5 heteroatoms. The van der Waals surface area contributed by atoms with E-state index < -0.39 is 0 Å². The van der Waals surface area contributed by atoms with Crippen molar-refractivity contribution in [3.63, 3.8) is 0 Å². The van der Waals surface area contributed by atoms with Gasteiger partial charge in [0.2, 0.25) is 0 Å². The normalized spacial score (nSPS) is 17.9. The molecule has 4 nitrogen and oxygen atoms in total. The summed E-state index contributed by atoms with van der Waals surface area (Å²) >= 11 is 1.50. The molecule has 2 heterocycles. The summed E-state index contributed by atoms with van der Waals surface area (Å²) in [5.74, 6) is 0.701. The van der Waals surface area contributed by atoms with Gasteiger partial charge in [-0.05, 0) is 32.9 Å². The van der Waals surface area contributed by atoms with Crippen LogP contribution in [0.2, 0.25) is 0 Å². The summed E-state index contributed by atoms with van der Waals surface area (Å²) in [7, 11) is 1.96. The fourth-order valence-corrected chi connectivity index (χ4v) is 3.95. The number of carbonyl (C=O) groups is 1. The third-order valence-corrected chi connectivity index (χ3v) is 5.27. The minimum atomic E-state index is 0.135. The molecule has 0 radical (unpaired) electrons. The molecule has 0 bridgehead atoms. The van der Waals surface area contributed by atoms with E-state index in [1.54, 1.807) is 0 Å². The summed E-state index contributed by atoms with van der Waals surface area (Å²) in [6.07, 6.45) is 1.08. The van der Waals surface area contributed by atoms with Crippen molar-refractivity contribution < 1.29 is 4.79 Å². The molecule has 1 unspecified atom stereocenters. The maximum absolute atomic E-state index is 12.7. The van der Waals surface area contributed by atoms with Crippen molar-refractivity contribution in [2.45, 2.75) is 13.3 Å². The molecule has 1 atom stereocenters. The van der Waals surface area contributed by atoms with E-state index in [0.717, 1.165) is 47.2 Å². The second kappa shape index (κ2) is 6.58. The first-order chi connectivity index (χ1) is 10.7. The van der Waals surface area contributed by atoms with Crippen LogP contribution in [0.1, 0.15) is 21.8 Å². The van der Waals surface area contributed by atoms with Crippen LogP contribution in [0.4, 0.5) is 0 Å². The van der Waals surface area contributed by atoms with E-state index >= 15 is 0 Å². The molecule has 2 aromatic rings. The van der Waals surface area contributed by atoms with E-state index in [4.69, 9.17) is 0 Å². The maximum atomic E-state index is 12.7. The second-order valence-electron chi connectivity index (χ2n) is 5.76. The van der Waals surface area contributed by atoms with Crippen molar-refractivity contribution in [2.24, 2.45) is 5.92 Å². The predicted octanol–water partition coefficient (Wildman–Crippen LogP) is 2.80. The Morgan fingerprint density at radius 1 is 1.41 bits per heavy atom. The highest BCUT2D eigenvalue weighted by atomic mass is 32.1. The topological polar surface area (TPSA) is 45.2 Å². The molecule has 1 amide bonds. The molecule has 1 aromatic carbocycles. The van der Waals surface area contributed by atoms with E-state index in [1.807, 2.05) is 49.2 Å². The molecule has 116 valence electrons. The maximum Gasteiger partial charge on any atom is 0.265 e. The van der Waals surface area contributed by atoms with Crippen LogP contribution in [-0.4, -0.2) is 42.5 Å². The number of likely N-dealkylation sites (tertiary alicyclic amines) is 1. The Labute approximate surface area is 135 Å². The van der Waals surface area contributed by atoms with E-state index in [1.165, 1.54) is 11.3 Å². The van der Waals surface area contributed by atoms with Crippen molar-refractivity contribution in [2.75, 3.05) is 26.7 Å². The number of hydrogen-bond donors (Lipinski definition) is 1. The lowest BCUT2D eigenvalue weighted by molar-refractivity contribution is 0.0791. The molecule has 22 heavy (non-hydrogen) atoms. The van der Waals surface area contributed by atoms with Crippen LogP contribution in [0.25, 0.3) is 10.6 Å². The minimum Gasteiger partial charge on any atom is -0.338 e. The monoisotopic (exact) mass is 315 g/mol. The number of benzene rings is 1. The zero-order valence-electron chi connectivity index (χ0n) is 13.0. The third-order valence-electron chi connectivity index (χ3n) is 4.08. The standard InChI is InChI=1S/C17H21N3OS/c1-12-15(17(21)20-9-8-13(11-20)10-18-2)22-16(19-12)14-6-4-3-5-7-14/h3-7,13,18H,8-11H2,1-2H3. The SMILES string of the molecule is CNCC1CCN(C(=O)c2sc(-c3ccccc3)nc2C)C1. The largest absolute Gasteiger partial charge is 0.338 e. The number of rotatable bonds is 4. The van der Waals surface area contributed by atoms with Crippen LogP contribution >= 0.6 is 11.3 Å². The molecule has 0 spiro atoms. The highest BCUT2D eigenvalue weighted by Gasteiger charge is 2.28. The molecule has 0 saturated carbocycles. The highest BCUT2D eigenvalue weighted by molar-refractivity contribution is 7.17. The molecule has 3 rings (SSSR count). The van der Waals surface area contributed by atoms with Gasteiger partial charge in [0.05, 0.1) is 5.69 Å². The smallest absolute Gasteiger partial charge is 0.265 e. The van der Waals surface area contributed by atoms with Gasteiger partial charge >= 0.3 is 0 Å². The number of thiazole rings is 1. The quantitative estimate of drug-likeness (QED) is 0.943. The Balaban J connectivity index is 1.78. The fourth-order valence-electron chi connectivity index (χ4n) is 2.92. The molecule has 1 aliphatic rings. The summed E-state index contributed by atoms with van der Waals surface area (Å²) in [6, 6.07) is 10.0. The Bertz CT molecular complexity index is 653. The highest BCUT2D eigenvalue weighted by Crippen LogP contribution is 2.29. The number of hydrogen-bond acceptors (Lipinski definition) is 4. The number of carbonyl (C=O) groups excluding carboxylic acids is 1. The van der Waals surface area contributed by atoms with E-state index in [2.05, 4.69) is 10.3 Å². The number of aryl methyl sites for hydroxylation is 1. The van der Waals surface area contributed by atoms with Crippen molar-refractivity contribution >= 4 is 17.2 Å². The number of nitrogens with one attached hydrogen (secondary N) is 1. The van der Waals surface area contributed by atoms with Crippen molar-refractivity contribution in [3.05, 3.63) is 40.9 Å². The van der Waals surface area contributed by atoms with Crippen molar-refractivity contribution in [3.8, 4) is 10.6 Å². The molecular formula is C17H21N3OS. The Morgan fingerprint density at radius 3 is 2.91 bits per heavy atom. The summed E-state index contributed by atoms with van der Waals surface area (Å²) in [6.45, 7) is 4.60. The Morgan fingerprint density at radius 2 is 2.18 bits per heavy atom. The summed E-state index contributed by atoms with van der Waals surface area (Å²) < 4.78 is 0. The van der Waals surface area contributed by atoms with Gasteiger partial charge in [0.1, 0.15) is 9.88 Å². The number of aromatic nitrogens is 1. The van der Waals surface area contributed by atoms with E-state index in [0.29, 0.717) is 5.92 Å². The van der Waals surface area contributed by atoms with Crippen LogP contribution in [0.5, 0.6) is 0 Å². The lowest BCUT2D eigenvalue weighted by Crippen LogP contribution is -2.30. The first-order valence-corrected chi connectivity index (χ1v) is 8.47. The van der Waals surface area contributed by atoms with Gasteiger partial charge in [0.15, 0.2) is 0 Å². The molecule has 1 N–H and O–H groups in total. The average molecular weight is 315 g/mol. The van der Waals surface area contributed by atoms with Gasteiger partial charge < -0.3 is 10.2 Å². The average Bonchev–Trinajstić information content (AvgIpc) is 3.15. The lowest BCUT2D eigenvalue weighted by atomic mass is 10.1. The van der Waals surface area contributed by atoms with Gasteiger partial charge in [-0.25, -0.2) is 4.98 Å². The summed E-state index contributed by atoms with van der Waals surface area (Å²) in [4.78, 5) is 20.1. The number of amides is 1. The van der Waals surface area contributed by atoms with Crippen LogP contribution in [0.15, 0.2) is 30.3 Å². The van der Waals surface area contributed by atoms with Gasteiger partial charge in [-0.3, -0.25) is 4.79 Å². The molecule has 1 saturated heterocycles.